The van der Waals surface area contributed by atoms with Crippen molar-refractivity contribution < 1.29 is 18.4 Å². The molecule has 1 aromatic rings. The van der Waals surface area contributed by atoms with Gasteiger partial charge in [0.05, 0.1) is 5.56 Å². The van der Waals surface area contributed by atoms with E-state index in [1.54, 1.807) is 12.1 Å². The minimum atomic E-state index is -4.36. The first-order valence-corrected chi connectivity index (χ1v) is 8.25. The molecule has 1 aromatic carbocycles. The summed E-state index contributed by atoms with van der Waals surface area (Å²) in [6.07, 6.45) is 0.412. The van der Waals surface area contributed by atoms with Gasteiger partial charge in [0, 0.05) is 12.1 Å². The Morgan fingerprint density at radius 2 is 1.70 bits per heavy atom. The zero-order chi connectivity index (χ0) is 17.3. The summed E-state index contributed by atoms with van der Waals surface area (Å²) in [6.45, 7) is 5.52. The third-order valence-corrected chi connectivity index (χ3v) is 4.57. The fraction of sp³-hybridized carbons (Fsp3) is 0.667. The first-order chi connectivity index (χ1) is 10.6. The lowest BCUT2D eigenvalue weighted by Crippen LogP contribution is -2.38. The molecule has 1 fully saturated rings. The van der Waals surface area contributed by atoms with E-state index in [1.807, 2.05) is 20.8 Å². The Kier molecular flexibility index (Phi) is 5.41. The summed E-state index contributed by atoms with van der Waals surface area (Å²) in [5.41, 5.74) is -0.153. The normalized spacial score (nSPS) is 17.7. The minimum absolute atomic E-state index is 0.00210. The molecule has 0 unspecified atom stereocenters. The van der Waals surface area contributed by atoms with Crippen LogP contribution in [0.2, 0.25) is 0 Å². The van der Waals surface area contributed by atoms with Crippen molar-refractivity contribution in [2.45, 2.75) is 77.1 Å². The Hall–Kier alpha value is -1.07. The maximum Gasteiger partial charge on any atom is 0.416 e. The summed E-state index contributed by atoms with van der Waals surface area (Å²) < 4.78 is 40.4. The summed E-state index contributed by atoms with van der Waals surface area (Å²) in [5.74, 6) is 0.00210. The Balaban J connectivity index is 2.31. The largest absolute Gasteiger partial charge is 0.416 e. The molecule has 0 saturated heterocycles. The number of hydroxylamine groups is 2. The first kappa shape index (κ1) is 18.3. The van der Waals surface area contributed by atoms with Crippen LogP contribution in [0.4, 0.5) is 13.2 Å². The monoisotopic (exact) mass is 329 g/mol. The van der Waals surface area contributed by atoms with Crippen molar-refractivity contribution in [1.29, 1.82) is 0 Å². The molecule has 1 aliphatic carbocycles. The molecule has 0 amide bonds. The number of nitrogens with zero attached hydrogens (tertiary/aromatic N) is 1. The summed E-state index contributed by atoms with van der Waals surface area (Å²) in [4.78, 5) is 0. The van der Waals surface area contributed by atoms with Crippen molar-refractivity contribution in [1.82, 2.24) is 5.06 Å². The van der Waals surface area contributed by atoms with E-state index < -0.39 is 17.3 Å². The highest BCUT2D eigenvalue weighted by Crippen LogP contribution is 2.41. The van der Waals surface area contributed by atoms with E-state index in [2.05, 4.69) is 0 Å². The van der Waals surface area contributed by atoms with Gasteiger partial charge in [-0.3, -0.25) is 0 Å². The molecule has 2 nitrogen and oxygen atoms in total. The van der Waals surface area contributed by atoms with Gasteiger partial charge in [-0.1, -0.05) is 31.4 Å². The summed E-state index contributed by atoms with van der Waals surface area (Å²) in [7, 11) is 0. The van der Waals surface area contributed by atoms with Gasteiger partial charge >= 0.3 is 6.18 Å². The summed E-state index contributed by atoms with van der Waals surface area (Å²) in [6, 6.07) is 4.54. The molecule has 0 radical (unpaired) electrons. The lowest BCUT2D eigenvalue weighted by atomic mass is 9.81. The van der Waals surface area contributed by atoms with Crippen molar-refractivity contribution in [2.24, 2.45) is 0 Å². The SMILES string of the molecule is CC(C)(C)N(O)Cc1ccc(C2CCCCC2)c(C(F)(F)F)c1. The molecule has 0 aromatic heterocycles. The molecular weight excluding hydrogens is 303 g/mol. The van der Waals surface area contributed by atoms with Crippen LogP contribution in [0.3, 0.4) is 0 Å². The Morgan fingerprint density at radius 1 is 1.09 bits per heavy atom. The second kappa shape index (κ2) is 6.81. The van der Waals surface area contributed by atoms with Gasteiger partial charge in [0.15, 0.2) is 0 Å². The first-order valence-electron chi connectivity index (χ1n) is 8.25. The van der Waals surface area contributed by atoms with Crippen LogP contribution in [0.25, 0.3) is 0 Å². The van der Waals surface area contributed by atoms with Crippen LogP contribution < -0.4 is 0 Å². The van der Waals surface area contributed by atoms with Crippen LogP contribution in [0.15, 0.2) is 18.2 Å². The van der Waals surface area contributed by atoms with Crippen molar-refractivity contribution >= 4 is 0 Å². The number of alkyl halides is 3. The molecule has 0 heterocycles. The number of halogens is 3. The van der Waals surface area contributed by atoms with Gasteiger partial charge in [-0.15, -0.1) is 0 Å². The lowest BCUT2D eigenvalue weighted by Gasteiger charge is -2.30. The van der Waals surface area contributed by atoms with Crippen LogP contribution in [0.5, 0.6) is 0 Å². The number of rotatable bonds is 3. The molecular formula is C18H26F3NO. The van der Waals surface area contributed by atoms with Gasteiger partial charge in [-0.25, -0.2) is 0 Å². The Morgan fingerprint density at radius 3 is 2.22 bits per heavy atom. The van der Waals surface area contributed by atoms with E-state index in [1.165, 1.54) is 6.07 Å². The number of hydrogen-bond acceptors (Lipinski definition) is 2. The molecule has 1 saturated carbocycles. The molecule has 2 rings (SSSR count). The maximum absolute atomic E-state index is 13.5. The third kappa shape index (κ3) is 4.70. The molecule has 1 aliphatic rings. The molecule has 0 bridgehead atoms. The average molecular weight is 329 g/mol. The highest BCUT2D eigenvalue weighted by atomic mass is 19.4. The van der Waals surface area contributed by atoms with Crippen molar-refractivity contribution in [3.63, 3.8) is 0 Å². The van der Waals surface area contributed by atoms with Gasteiger partial charge < -0.3 is 5.21 Å². The molecule has 23 heavy (non-hydrogen) atoms. The van der Waals surface area contributed by atoms with Crippen LogP contribution in [-0.4, -0.2) is 15.8 Å². The van der Waals surface area contributed by atoms with Crippen LogP contribution in [0, 0.1) is 0 Å². The van der Waals surface area contributed by atoms with E-state index in [9.17, 15) is 18.4 Å². The standard InChI is InChI=1S/C18H26F3NO/c1-17(2,3)22(23)12-13-9-10-15(14-7-5-4-6-8-14)16(11-13)18(19,20)21/h9-11,14,23H,4-8,12H2,1-3H3. The highest BCUT2D eigenvalue weighted by molar-refractivity contribution is 5.37. The lowest BCUT2D eigenvalue weighted by molar-refractivity contribution is -0.164. The quantitative estimate of drug-likeness (QED) is 0.714. The van der Waals surface area contributed by atoms with Crippen molar-refractivity contribution in [3.05, 3.63) is 34.9 Å². The van der Waals surface area contributed by atoms with Crippen LogP contribution >= 0.6 is 0 Å². The van der Waals surface area contributed by atoms with Crippen LogP contribution in [0.1, 0.15) is 75.5 Å². The molecule has 0 atom stereocenters. The van der Waals surface area contributed by atoms with Crippen molar-refractivity contribution in [3.8, 4) is 0 Å². The predicted molar refractivity (Wildman–Crippen MR) is 84.4 cm³/mol. The number of hydrogen-bond donors (Lipinski definition) is 1. The van der Waals surface area contributed by atoms with E-state index >= 15 is 0 Å². The maximum atomic E-state index is 13.5. The smallest absolute Gasteiger partial charge is 0.313 e. The second-order valence-corrected chi connectivity index (χ2v) is 7.48. The van der Waals surface area contributed by atoms with Crippen LogP contribution in [-0.2, 0) is 12.7 Å². The molecule has 0 spiro atoms. The van der Waals surface area contributed by atoms with Gasteiger partial charge in [0.2, 0.25) is 0 Å². The van der Waals surface area contributed by atoms with Crippen molar-refractivity contribution in [2.75, 3.05) is 0 Å². The van der Waals surface area contributed by atoms with E-state index in [-0.39, 0.29) is 12.5 Å². The third-order valence-electron chi connectivity index (χ3n) is 4.57. The minimum Gasteiger partial charge on any atom is -0.313 e. The molecule has 1 N–H and O–H groups in total. The second-order valence-electron chi connectivity index (χ2n) is 7.48. The fourth-order valence-electron chi connectivity index (χ4n) is 3.13. The zero-order valence-corrected chi connectivity index (χ0v) is 14.1. The van der Waals surface area contributed by atoms with E-state index in [4.69, 9.17) is 0 Å². The fourth-order valence-corrected chi connectivity index (χ4v) is 3.13. The van der Waals surface area contributed by atoms with E-state index in [0.717, 1.165) is 37.2 Å². The zero-order valence-electron chi connectivity index (χ0n) is 14.1. The Bertz CT molecular complexity index is 528. The van der Waals surface area contributed by atoms with Gasteiger partial charge in [-0.2, -0.15) is 18.2 Å². The molecule has 5 heteroatoms. The van der Waals surface area contributed by atoms with Gasteiger partial charge in [-0.05, 0) is 56.7 Å². The highest BCUT2D eigenvalue weighted by Gasteiger charge is 2.36. The van der Waals surface area contributed by atoms with Gasteiger partial charge in [0.25, 0.3) is 0 Å². The van der Waals surface area contributed by atoms with Gasteiger partial charge in [0.1, 0.15) is 0 Å². The molecule has 0 aliphatic heterocycles. The summed E-state index contributed by atoms with van der Waals surface area (Å²) in [5, 5.41) is 11.1. The Labute approximate surface area is 136 Å². The predicted octanol–water partition coefficient (Wildman–Crippen LogP) is 5.74. The van der Waals surface area contributed by atoms with E-state index in [0.29, 0.717) is 11.1 Å². The topological polar surface area (TPSA) is 23.5 Å². The molecule has 130 valence electrons. The average Bonchev–Trinajstić information content (AvgIpc) is 2.46. The summed E-state index contributed by atoms with van der Waals surface area (Å²) >= 11 is 0. The number of benzene rings is 1.